The van der Waals surface area contributed by atoms with Crippen molar-refractivity contribution in [3.63, 3.8) is 0 Å². The minimum absolute atomic E-state index is 0. The highest BCUT2D eigenvalue weighted by molar-refractivity contribution is 5.94. The summed E-state index contributed by atoms with van der Waals surface area (Å²) in [6.45, 7) is 1.84. The molecule has 0 radical (unpaired) electrons. The minimum atomic E-state index is -0.0495. The Balaban J connectivity index is 0.00000256. The molecule has 0 atom stereocenters. The number of hydrogen-bond acceptors (Lipinski definition) is 6. The SMILES string of the molecule is Cc1ncc(-c2ccc(C(=O)N(C)C)cc2)nc1-c1nnc(-c2ccccc2)o1.[HH]. The van der Waals surface area contributed by atoms with Gasteiger partial charge in [0.05, 0.1) is 17.6 Å². The van der Waals surface area contributed by atoms with Gasteiger partial charge in [-0.2, -0.15) is 0 Å². The molecule has 4 rings (SSSR count). The van der Waals surface area contributed by atoms with Crippen LogP contribution in [0.25, 0.3) is 34.3 Å². The van der Waals surface area contributed by atoms with Gasteiger partial charge in [-0.25, -0.2) is 4.98 Å². The van der Waals surface area contributed by atoms with Gasteiger partial charge in [0.25, 0.3) is 11.8 Å². The van der Waals surface area contributed by atoms with E-state index in [1.165, 1.54) is 0 Å². The van der Waals surface area contributed by atoms with Gasteiger partial charge in [-0.1, -0.05) is 30.3 Å². The summed E-state index contributed by atoms with van der Waals surface area (Å²) in [7, 11) is 3.45. The molecule has 29 heavy (non-hydrogen) atoms. The first-order chi connectivity index (χ1) is 14.0. The maximum atomic E-state index is 12.1. The molecule has 0 aliphatic rings. The van der Waals surface area contributed by atoms with E-state index in [9.17, 15) is 4.79 Å². The Morgan fingerprint density at radius 1 is 0.931 bits per heavy atom. The van der Waals surface area contributed by atoms with Gasteiger partial charge in [0.2, 0.25) is 5.89 Å². The lowest BCUT2D eigenvalue weighted by atomic mass is 10.1. The lowest BCUT2D eigenvalue weighted by molar-refractivity contribution is 0.0827. The molecule has 0 unspecified atom stereocenters. The van der Waals surface area contributed by atoms with Crippen molar-refractivity contribution >= 4 is 5.91 Å². The molecule has 2 heterocycles. The van der Waals surface area contributed by atoms with Gasteiger partial charge >= 0.3 is 0 Å². The van der Waals surface area contributed by atoms with Gasteiger partial charge in [0, 0.05) is 32.2 Å². The van der Waals surface area contributed by atoms with Crippen molar-refractivity contribution < 1.29 is 10.6 Å². The molecular weight excluding hydrogens is 366 g/mol. The highest BCUT2D eigenvalue weighted by atomic mass is 16.4. The minimum Gasteiger partial charge on any atom is -0.415 e. The number of nitrogens with zero attached hydrogens (tertiary/aromatic N) is 5. The predicted octanol–water partition coefficient (Wildman–Crippen LogP) is 4.12. The molecule has 0 bridgehead atoms. The predicted molar refractivity (Wildman–Crippen MR) is 111 cm³/mol. The summed E-state index contributed by atoms with van der Waals surface area (Å²) in [5, 5.41) is 8.27. The van der Waals surface area contributed by atoms with Crippen LogP contribution in [0.5, 0.6) is 0 Å². The van der Waals surface area contributed by atoms with Crippen molar-refractivity contribution in [2.75, 3.05) is 14.1 Å². The Bertz CT molecular complexity index is 1160. The first-order valence-electron chi connectivity index (χ1n) is 9.08. The summed E-state index contributed by atoms with van der Waals surface area (Å²) in [4.78, 5) is 22.7. The number of aromatic nitrogens is 4. The normalized spacial score (nSPS) is 10.7. The van der Waals surface area contributed by atoms with Crippen LogP contribution in [0.1, 0.15) is 17.5 Å². The average Bonchev–Trinajstić information content (AvgIpc) is 3.24. The van der Waals surface area contributed by atoms with E-state index < -0.39 is 0 Å². The molecule has 4 aromatic rings. The lowest BCUT2D eigenvalue weighted by Gasteiger charge is -2.10. The van der Waals surface area contributed by atoms with Crippen molar-refractivity contribution in [2.45, 2.75) is 6.92 Å². The summed E-state index contributed by atoms with van der Waals surface area (Å²) < 4.78 is 5.83. The van der Waals surface area contributed by atoms with Gasteiger partial charge in [0.1, 0.15) is 5.69 Å². The summed E-state index contributed by atoms with van der Waals surface area (Å²) in [5.74, 6) is 0.695. The largest absolute Gasteiger partial charge is 0.415 e. The molecule has 146 valence electrons. The number of carbonyl (C=O) groups excluding carboxylic acids is 1. The average molecular weight is 387 g/mol. The van der Waals surface area contributed by atoms with Gasteiger partial charge < -0.3 is 9.32 Å². The molecule has 7 nitrogen and oxygen atoms in total. The molecule has 2 aromatic heterocycles. The maximum Gasteiger partial charge on any atom is 0.268 e. The van der Waals surface area contributed by atoms with Crippen molar-refractivity contribution in [1.29, 1.82) is 0 Å². The number of hydrogen-bond donors (Lipinski definition) is 0. The van der Waals surface area contributed by atoms with E-state index in [0.717, 1.165) is 11.1 Å². The molecule has 0 N–H and O–H groups in total. The van der Waals surface area contributed by atoms with E-state index in [2.05, 4.69) is 20.2 Å². The molecule has 0 aliphatic heterocycles. The van der Waals surface area contributed by atoms with E-state index in [4.69, 9.17) is 4.42 Å². The van der Waals surface area contributed by atoms with E-state index in [-0.39, 0.29) is 7.33 Å². The van der Waals surface area contributed by atoms with Crippen molar-refractivity contribution in [3.05, 3.63) is 72.1 Å². The van der Waals surface area contributed by atoms with Gasteiger partial charge in [0.15, 0.2) is 0 Å². The van der Waals surface area contributed by atoms with Crippen LogP contribution >= 0.6 is 0 Å². The fourth-order valence-electron chi connectivity index (χ4n) is 2.85. The zero-order chi connectivity index (χ0) is 20.4. The van der Waals surface area contributed by atoms with Gasteiger partial charge in [-0.05, 0) is 31.2 Å². The molecule has 2 aromatic carbocycles. The summed E-state index contributed by atoms with van der Waals surface area (Å²) in [5.41, 5.74) is 4.19. The first kappa shape index (κ1) is 18.5. The molecule has 0 spiro atoms. The maximum absolute atomic E-state index is 12.1. The van der Waals surface area contributed by atoms with Crippen LogP contribution in [0.4, 0.5) is 0 Å². The van der Waals surface area contributed by atoms with Crippen LogP contribution in [0.3, 0.4) is 0 Å². The number of benzene rings is 2. The molecule has 0 aliphatic carbocycles. The van der Waals surface area contributed by atoms with Crippen LogP contribution in [-0.2, 0) is 0 Å². The zero-order valence-corrected chi connectivity index (χ0v) is 16.3. The van der Waals surface area contributed by atoms with Crippen molar-refractivity contribution in [2.24, 2.45) is 0 Å². The summed E-state index contributed by atoms with van der Waals surface area (Å²) in [6, 6.07) is 16.8. The summed E-state index contributed by atoms with van der Waals surface area (Å²) >= 11 is 0. The zero-order valence-electron chi connectivity index (χ0n) is 16.3. The smallest absolute Gasteiger partial charge is 0.268 e. The Kier molecular flexibility index (Phi) is 4.87. The Morgan fingerprint density at radius 2 is 1.62 bits per heavy atom. The number of rotatable bonds is 4. The van der Waals surface area contributed by atoms with Crippen molar-refractivity contribution in [3.8, 4) is 34.3 Å². The fourth-order valence-corrected chi connectivity index (χ4v) is 2.85. The molecule has 0 saturated carbocycles. The second-order valence-corrected chi connectivity index (χ2v) is 6.74. The van der Waals surface area contributed by atoms with Gasteiger partial charge in [-0.15, -0.1) is 10.2 Å². The quantitative estimate of drug-likeness (QED) is 0.524. The van der Waals surface area contributed by atoms with E-state index in [0.29, 0.717) is 34.4 Å². The first-order valence-corrected chi connectivity index (χ1v) is 9.08. The molecular formula is C22H21N5O2. The van der Waals surface area contributed by atoms with E-state index in [1.54, 1.807) is 37.3 Å². The van der Waals surface area contributed by atoms with Crippen LogP contribution in [0.2, 0.25) is 0 Å². The molecule has 0 fully saturated rings. The monoisotopic (exact) mass is 387 g/mol. The highest BCUT2D eigenvalue weighted by Gasteiger charge is 2.16. The van der Waals surface area contributed by atoms with Crippen LogP contribution in [0.15, 0.2) is 65.2 Å². The van der Waals surface area contributed by atoms with Crippen LogP contribution in [-0.4, -0.2) is 45.1 Å². The molecule has 1 amide bonds. The standard InChI is InChI=1S/C22H19N5O2.H2/c1-14-19(21-26-25-20(29-21)16-7-5-4-6-8-16)24-18(13-23-14)15-9-11-17(12-10-15)22(28)27(2)3;/h4-13H,1-3H3;1H. The van der Waals surface area contributed by atoms with Crippen LogP contribution < -0.4 is 0 Å². The summed E-state index contributed by atoms with van der Waals surface area (Å²) in [6.07, 6.45) is 1.69. The third-order valence-corrected chi connectivity index (χ3v) is 4.44. The topological polar surface area (TPSA) is 85.0 Å². The van der Waals surface area contributed by atoms with Gasteiger partial charge in [-0.3, -0.25) is 9.78 Å². The Morgan fingerprint density at radius 3 is 2.31 bits per heavy atom. The number of amides is 1. The third-order valence-electron chi connectivity index (χ3n) is 4.44. The second-order valence-electron chi connectivity index (χ2n) is 6.74. The Labute approximate surface area is 169 Å². The molecule has 7 heteroatoms. The number of carbonyl (C=O) groups is 1. The molecule has 0 saturated heterocycles. The highest BCUT2D eigenvalue weighted by Crippen LogP contribution is 2.26. The number of aryl methyl sites for hydroxylation is 1. The van der Waals surface area contributed by atoms with E-state index >= 15 is 0 Å². The second kappa shape index (κ2) is 7.63. The Hall–Kier alpha value is -3.87. The van der Waals surface area contributed by atoms with Crippen LogP contribution in [0, 0.1) is 6.92 Å². The third kappa shape index (κ3) is 3.75. The van der Waals surface area contributed by atoms with E-state index in [1.807, 2.05) is 49.4 Å². The lowest BCUT2D eigenvalue weighted by Crippen LogP contribution is -2.21. The van der Waals surface area contributed by atoms with Crippen molar-refractivity contribution in [1.82, 2.24) is 25.1 Å². The fraction of sp³-hybridized carbons (Fsp3) is 0.136.